The summed E-state index contributed by atoms with van der Waals surface area (Å²) in [7, 11) is 0. The average Bonchev–Trinajstić information content (AvgIpc) is 2.32. The van der Waals surface area contributed by atoms with Gasteiger partial charge in [-0.15, -0.1) is 0 Å². The predicted octanol–water partition coefficient (Wildman–Crippen LogP) is 4.60. The smallest absolute Gasteiger partial charge is 0.123 e. The van der Waals surface area contributed by atoms with Crippen LogP contribution in [0.1, 0.15) is 18.5 Å². The third-order valence-electron chi connectivity index (χ3n) is 2.58. The highest BCUT2D eigenvalue weighted by atomic mass is 127. The largest absolute Gasteiger partial charge is 0.379 e. The maximum atomic E-state index is 13.1. The van der Waals surface area contributed by atoms with Crippen molar-refractivity contribution in [2.24, 2.45) is 0 Å². The molecule has 0 fully saturated rings. The Kier molecular flexibility index (Phi) is 3.99. The molecule has 0 aliphatic heterocycles. The Hall–Kier alpha value is -1.10. The van der Waals surface area contributed by atoms with Gasteiger partial charge in [0.15, 0.2) is 0 Å². The summed E-state index contributed by atoms with van der Waals surface area (Å²) in [5.41, 5.74) is 1.99. The Morgan fingerprint density at radius 1 is 1.12 bits per heavy atom. The summed E-state index contributed by atoms with van der Waals surface area (Å²) in [6, 6.07) is 14.9. The standard InChI is InChI=1S/C14H13FIN/c1-10(11-3-2-4-12(15)9-11)17-14-7-5-13(16)6-8-14/h2-10,17H,1H3. The third kappa shape index (κ3) is 3.43. The Morgan fingerprint density at radius 2 is 1.82 bits per heavy atom. The zero-order valence-corrected chi connectivity index (χ0v) is 11.6. The topological polar surface area (TPSA) is 12.0 Å². The van der Waals surface area contributed by atoms with Crippen molar-refractivity contribution in [3.63, 3.8) is 0 Å². The molecular formula is C14H13FIN. The Bertz CT molecular complexity index is 496. The average molecular weight is 341 g/mol. The summed E-state index contributed by atoms with van der Waals surface area (Å²) < 4.78 is 14.3. The van der Waals surface area contributed by atoms with Crippen LogP contribution in [0, 0.1) is 9.39 Å². The van der Waals surface area contributed by atoms with Gasteiger partial charge in [0.05, 0.1) is 0 Å². The van der Waals surface area contributed by atoms with Crippen LogP contribution in [0.3, 0.4) is 0 Å². The highest BCUT2D eigenvalue weighted by molar-refractivity contribution is 14.1. The lowest BCUT2D eigenvalue weighted by atomic mass is 10.1. The van der Waals surface area contributed by atoms with E-state index in [4.69, 9.17) is 0 Å². The summed E-state index contributed by atoms with van der Waals surface area (Å²) in [6.45, 7) is 2.02. The summed E-state index contributed by atoms with van der Waals surface area (Å²) in [4.78, 5) is 0. The fourth-order valence-electron chi connectivity index (χ4n) is 1.66. The Balaban J connectivity index is 2.11. The summed E-state index contributed by atoms with van der Waals surface area (Å²) in [6.07, 6.45) is 0. The highest BCUT2D eigenvalue weighted by Crippen LogP contribution is 2.20. The molecule has 0 amide bonds. The van der Waals surface area contributed by atoms with Crippen molar-refractivity contribution >= 4 is 28.3 Å². The molecule has 0 saturated heterocycles. The molecule has 0 heterocycles. The third-order valence-corrected chi connectivity index (χ3v) is 3.30. The second-order valence-corrected chi connectivity index (χ2v) is 5.17. The number of nitrogens with one attached hydrogen (secondary N) is 1. The first-order valence-electron chi connectivity index (χ1n) is 5.43. The normalized spacial score (nSPS) is 12.2. The van der Waals surface area contributed by atoms with Crippen molar-refractivity contribution in [1.29, 1.82) is 0 Å². The number of benzene rings is 2. The first kappa shape index (κ1) is 12.4. The van der Waals surface area contributed by atoms with Crippen LogP contribution in [-0.2, 0) is 0 Å². The molecule has 0 aromatic heterocycles. The Morgan fingerprint density at radius 3 is 2.47 bits per heavy atom. The SMILES string of the molecule is CC(Nc1ccc(I)cc1)c1cccc(F)c1. The number of hydrogen-bond donors (Lipinski definition) is 1. The molecule has 0 aliphatic carbocycles. The molecular weight excluding hydrogens is 328 g/mol. The molecule has 3 heteroatoms. The molecule has 1 nitrogen and oxygen atoms in total. The van der Waals surface area contributed by atoms with E-state index in [0.29, 0.717) is 0 Å². The van der Waals surface area contributed by atoms with E-state index in [2.05, 4.69) is 27.9 Å². The van der Waals surface area contributed by atoms with E-state index in [1.54, 1.807) is 12.1 Å². The zero-order valence-electron chi connectivity index (χ0n) is 9.45. The molecule has 0 radical (unpaired) electrons. The van der Waals surface area contributed by atoms with Crippen LogP contribution in [-0.4, -0.2) is 0 Å². The number of rotatable bonds is 3. The van der Waals surface area contributed by atoms with Crippen LogP contribution in [0.5, 0.6) is 0 Å². The molecule has 0 spiro atoms. The van der Waals surface area contributed by atoms with Gasteiger partial charge in [0.25, 0.3) is 0 Å². The molecule has 1 N–H and O–H groups in total. The van der Waals surface area contributed by atoms with Gasteiger partial charge in [-0.25, -0.2) is 4.39 Å². The van der Waals surface area contributed by atoms with E-state index < -0.39 is 0 Å². The van der Waals surface area contributed by atoms with Gasteiger partial charge in [0.1, 0.15) is 5.82 Å². The lowest BCUT2D eigenvalue weighted by Gasteiger charge is -2.15. The van der Waals surface area contributed by atoms with Gasteiger partial charge in [-0.05, 0) is 71.5 Å². The minimum atomic E-state index is -0.196. The number of halogens is 2. The van der Waals surface area contributed by atoms with Crippen LogP contribution in [0.2, 0.25) is 0 Å². The van der Waals surface area contributed by atoms with E-state index in [0.717, 1.165) is 11.3 Å². The lowest BCUT2D eigenvalue weighted by molar-refractivity contribution is 0.623. The molecule has 1 unspecified atom stereocenters. The number of hydrogen-bond acceptors (Lipinski definition) is 1. The molecule has 0 bridgehead atoms. The number of anilines is 1. The summed E-state index contributed by atoms with van der Waals surface area (Å²) in [5, 5.41) is 3.34. The maximum absolute atomic E-state index is 13.1. The van der Waals surface area contributed by atoms with Crippen molar-refractivity contribution < 1.29 is 4.39 Å². The van der Waals surface area contributed by atoms with Crippen LogP contribution in [0.4, 0.5) is 10.1 Å². The molecule has 2 rings (SSSR count). The van der Waals surface area contributed by atoms with Crippen LogP contribution >= 0.6 is 22.6 Å². The van der Waals surface area contributed by atoms with Gasteiger partial charge in [-0.1, -0.05) is 12.1 Å². The monoisotopic (exact) mass is 341 g/mol. The maximum Gasteiger partial charge on any atom is 0.123 e. The fourth-order valence-corrected chi connectivity index (χ4v) is 2.01. The van der Waals surface area contributed by atoms with Crippen molar-refractivity contribution in [2.45, 2.75) is 13.0 Å². The molecule has 2 aromatic carbocycles. The predicted molar refractivity (Wildman–Crippen MR) is 77.6 cm³/mol. The Labute approximate surface area is 114 Å². The van der Waals surface area contributed by atoms with Gasteiger partial charge >= 0.3 is 0 Å². The quantitative estimate of drug-likeness (QED) is 0.805. The van der Waals surface area contributed by atoms with E-state index in [1.165, 1.54) is 9.64 Å². The second-order valence-electron chi connectivity index (χ2n) is 3.93. The molecule has 2 aromatic rings. The molecule has 17 heavy (non-hydrogen) atoms. The molecule has 1 atom stereocenters. The summed E-state index contributed by atoms with van der Waals surface area (Å²) in [5.74, 6) is -0.196. The summed E-state index contributed by atoms with van der Waals surface area (Å²) >= 11 is 2.27. The van der Waals surface area contributed by atoms with Gasteiger partial charge in [0, 0.05) is 15.3 Å². The zero-order chi connectivity index (χ0) is 12.3. The van der Waals surface area contributed by atoms with Crippen LogP contribution in [0.25, 0.3) is 0 Å². The minimum absolute atomic E-state index is 0.0887. The van der Waals surface area contributed by atoms with E-state index in [1.807, 2.05) is 37.3 Å². The van der Waals surface area contributed by atoms with E-state index >= 15 is 0 Å². The van der Waals surface area contributed by atoms with Gasteiger partial charge in [0.2, 0.25) is 0 Å². The first-order valence-corrected chi connectivity index (χ1v) is 6.50. The molecule has 0 saturated carbocycles. The molecule has 0 aliphatic rings. The van der Waals surface area contributed by atoms with Crippen LogP contribution < -0.4 is 5.32 Å². The van der Waals surface area contributed by atoms with Gasteiger partial charge < -0.3 is 5.32 Å². The minimum Gasteiger partial charge on any atom is -0.379 e. The van der Waals surface area contributed by atoms with Gasteiger partial charge in [-0.3, -0.25) is 0 Å². The highest BCUT2D eigenvalue weighted by Gasteiger charge is 2.05. The van der Waals surface area contributed by atoms with E-state index in [9.17, 15) is 4.39 Å². The first-order chi connectivity index (χ1) is 8.15. The molecule has 88 valence electrons. The van der Waals surface area contributed by atoms with Crippen LogP contribution in [0.15, 0.2) is 48.5 Å². The lowest BCUT2D eigenvalue weighted by Crippen LogP contribution is -2.06. The van der Waals surface area contributed by atoms with E-state index in [-0.39, 0.29) is 11.9 Å². The van der Waals surface area contributed by atoms with Crippen molar-refractivity contribution in [3.8, 4) is 0 Å². The second kappa shape index (κ2) is 5.49. The van der Waals surface area contributed by atoms with Gasteiger partial charge in [-0.2, -0.15) is 0 Å². The van der Waals surface area contributed by atoms with Crippen molar-refractivity contribution in [2.75, 3.05) is 5.32 Å². The van der Waals surface area contributed by atoms with Crippen molar-refractivity contribution in [1.82, 2.24) is 0 Å². The fraction of sp³-hybridized carbons (Fsp3) is 0.143. The van der Waals surface area contributed by atoms with Crippen molar-refractivity contribution in [3.05, 3.63) is 63.5 Å².